The highest BCUT2D eigenvalue weighted by Gasteiger charge is 2.43. The van der Waals surface area contributed by atoms with Gasteiger partial charge in [0.1, 0.15) is 24.4 Å². The average Bonchev–Trinajstić information content (AvgIpc) is 2.18. The SMILES string of the molecule is [13CH3][13C](=O)[15NH]C1[C@@H](O)[C@H](O)C(CO)O[13C@H]1O. The van der Waals surface area contributed by atoms with Gasteiger partial charge in [-0.3, -0.25) is 4.79 Å². The first kappa shape index (κ1) is 12.3. The van der Waals surface area contributed by atoms with Crippen LogP contribution in [0.1, 0.15) is 6.92 Å². The molecule has 1 amide bonds. The number of hydrogen-bond acceptors (Lipinski definition) is 6. The summed E-state index contributed by atoms with van der Waals surface area (Å²) in [5, 5.41) is 39.4. The van der Waals surface area contributed by atoms with Crippen LogP contribution in [-0.4, -0.2) is 63.6 Å². The van der Waals surface area contributed by atoms with Crippen molar-refractivity contribution in [3.8, 4) is 0 Å². The second kappa shape index (κ2) is 4.86. The zero-order valence-electron chi connectivity index (χ0n) is 8.20. The quantitative estimate of drug-likeness (QED) is 0.251. The van der Waals surface area contributed by atoms with Crippen molar-refractivity contribution in [1.29, 1.82) is 0 Å². The van der Waals surface area contributed by atoms with Crippen molar-refractivity contribution >= 4 is 5.91 Å². The number of carbonyl (C=O) groups excluding carboxylic acids is 1. The molecule has 15 heavy (non-hydrogen) atoms. The van der Waals surface area contributed by atoms with E-state index in [9.17, 15) is 20.1 Å². The standard InChI is InChI=1S/C8H15NO6/c1-3(11)9-5-7(13)6(12)4(2-10)15-8(5)14/h4-8,10,12-14H,2H2,1H3,(H,9,11)/t4?,5?,6-,7-,8-/m1/s1/i1+1,3+1,8+1,9+1. The number of hydrogen-bond donors (Lipinski definition) is 5. The molecule has 2 unspecified atom stereocenters. The van der Waals surface area contributed by atoms with Crippen molar-refractivity contribution in [2.45, 2.75) is 37.6 Å². The highest BCUT2D eigenvalue weighted by atomic mass is 16.7. The maximum absolute atomic E-state index is 10.7. The van der Waals surface area contributed by atoms with Gasteiger partial charge in [0, 0.05) is 6.92 Å². The minimum absolute atomic E-state index is 0.462. The van der Waals surface area contributed by atoms with Crippen LogP contribution in [0.15, 0.2) is 0 Å². The van der Waals surface area contributed by atoms with Gasteiger partial charge < -0.3 is 30.5 Å². The fourth-order valence-electron chi connectivity index (χ4n) is 1.49. The Morgan fingerprint density at radius 3 is 2.40 bits per heavy atom. The monoisotopic (exact) mass is 225 g/mol. The van der Waals surface area contributed by atoms with E-state index < -0.39 is 43.2 Å². The summed E-state index contributed by atoms with van der Waals surface area (Å²) in [6.07, 6.45) is -5.24. The molecule has 1 saturated heterocycles. The zero-order chi connectivity index (χ0) is 11.6. The Morgan fingerprint density at radius 1 is 1.33 bits per heavy atom. The van der Waals surface area contributed by atoms with Crippen molar-refractivity contribution in [3.63, 3.8) is 0 Å². The van der Waals surface area contributed by atoms with Crippen molar-refractivity contribution < 1.29 is 30.0 Å². The van der Waals surface area contributed by atoms with E-state index in [1.807, 2.05) is 0 Å². The highest BCUT2D eigenvalue weighted by molar-refractivity contribution is 5.73. The molecule has 0 aromatic rings. The smallest absolute Gasteiger partial charge is 0.217 e. The second-order valence-electron chi connectivity index (χ2n) is 3.46. The molecule has 0 aromatic carbocycles. The van der Waals surface area contributed by atoms with E-state index in [4.69, 9.17) is 9.84 Å². The summed E-state index contributed by atoms with van der Waals surface area (Å²) < 4.78 is 4.81. The van der Waals surface area contributed by atoms with Crippen molar-refractivity contribution in [2.24, 2.45) is 0 Å². The lowest BCUT2D eigenvalue weighted by atomic mass is 10.0. The van der Waals surface area contributed by atoms with Gasteiger partial charge in [-0.1, -0.05) is 0 Å². The predicted octanol–water partition coefficient (Wildman–Crippen LogP) is -3.08. The number of aliphatic hydroxyl groups excluding tert-OH is 4. The van der Waals surface area contributed by atoms with Gasteiger partial charge in [-0.25, -0.2) is 0 Å². The topological polar surface area (TPSA) is 119 Å². The summed E-state index contributed by atoms with van der Waals surface area (Å²) in [6.45, 7) is 0.687. The average molecular weight is 225 g/mol. The minimum Gasteiger partial charge on any atom is -0.394 e. The number of ether oxygens (including phenoxy) is 1. The van der Waals surface area contributed by atoms with Crippen molar-refractivity contribution in [1.82, 2.24) is 5.32 Å². The van der Waals surface area contributed by atoms with Crippen molar-refractivity contribution in [2.75, 3.05) is 6.61 Å². The lowest BCUT2D eigenvalue weighted by molar-refractivity contribution is -0.253. The summed E-state index contributed by atoms with van der Waals surface area (Å²) in [5.74, 6) is -0.462. The molecule has 0 saturated carbocycles. The van der Waals surface area contributed by atoms with Crippen LogP contribution in [0.3, 0.4) is 0 Å². The molecular formula is C8H15NO6. The fourth-order valence-corrected chi connectivity index (χ4v) is 1.49. The second-order valence-corrected chi connectivity index (χ2v) is 3.46. The molecule has 1 aliphatic rings. The molecule has 5 N–H and O–H groups in total. The third-order valence-electron chi connectivity index (χ3n) is 2.27. The van der Waals surface area contributed by atoms with Gasteiger partial charge >= 0.3 is 0 Å². The summed E-state index contributed by atoms with van der Waals surface area (Å²) >= 11 is 0. The molecule has 5 atom stereocenters. The first-order chi connectivity index (χ1) is 6.97. The van der Waals surface area contributed by atoms with Gasteiger partial charge in [0.2, 0.25) is 5.91 Å². The van der Waals surface area contributed by atoms with Gasteiger partial charge in [0.05, 0.1) is 6.61 Å². The molecule has 1 rings (SSSR count). The summed E-state index contributed by atoms with van der Waals surface area (Å²) in [4.78, 5) is 10.7. The molecule has 1 heterocycles. The van der Waals surface area contributed by atoms with E-state index >= 15 is 0 Å². The van der Waals surface area contributed by atoms with Gasteiger partial charge in [0.15, 0.2) is 6.29 Å². The third kappa shape index (κ3) is 2.64. The lowest BCUT2D eigenvalue weighted by Gasteiger charge is -2.40. The molecule has 7 heteroatoms. The number of carbonyl (C=O) groups is 1. The maximum Gasteiger partial charge on any atom is 0.217 e. The Kier molecular flexibility index (Phi) is 4.00. The largest absolute Gasteiger partial charge is 0.394 e. The van der Waals surface area contributed by atoms with Gasteiger partial charge in [-0.05, 0) is 0 Å². The Bertz CT molecular complexity index is 235. The van der Waals surface area contributed by atoms with Crippen LogP contribution in [0.4, 0.5) is 0 Å². The van der Waals surface area contributed by atoms with E-state index in [0.29, 0.717) is 0 Å². The molecule has 7 nitrogen and oxygen atoms in total. The molecule has 0 bridgehead atoms. The van der Waals surface area contributed by atoms with E-state index in [1.165, 1.54) is 6.92 Å². The fraction of sp³-hybridized carbons (Fsp3) is 0.875. The Balaban J connectivity index is 2.70. The van der Waals surface area contributed by atoms with E-state index in [2.05, 4.69) is 5.32 Å². The van der Waals surface area contributed by atoms with Crippen LogP contribution < -0.4 is 5.32 Å². The van der Waals surface area contributed by atoms with Crippen LogP contribution >= 0.6 is 0 Å². The molecule has 0 aromatic heterocycles. The molecule has 0 spiro atoms. The zero-order valence-corrected chi connectivity index (χ0v) is 8.20. The van der Waals surface area contributed by atoms with Crippen LogP contribution in [0.2, 0.25) is 0 Å². The number of rotatable bonds is 2. The molecule has 1 fully saturated rings. The van der Waals surface area contributed by atoms with Gasteiger partial charge in [-0.15, -0.1) is 0 Å². The van der Waals surface area contributed by atoms with E-state index in [1.54, 1.807) is 0 Å². The predicted molar refractivity (Wildman–Crippen MR) is 47.6 cm³/mol. The summed E-state index contributed by atoms with van der Waals surface area (Å²) in [6, 6.07) is -1.10. The Labute approximate surface area is 86.3 Å². The van der Waals surface area contributed by atoms with Gasteiger partial charge in [-0.2, -0.15) is 0 Å². The Morgan fingerprint density at radius 2 is 1.93 bits per heavy atom. The highest BCUT2D eigenvalue weighted by Crippen LogP contribution is 2.19. The normalized spacial score (nSPS) is 41.3. The van der Waals surface area contributed by atoms with E-state index in [-0.39, 0.29) is 0 Å². The third-order valence-corrected chi connectivity index (χ3v) is 2.27. The van der Waals surface area contributed by atoms with Crippen LogP contribution in [0.25, 0.3) is 0 Å². The van der Waals surface area contributed by atoms with Crippen LogP contribution in [0, 0.1) is 0 Å². The minimum atomic E-state index is -1.45. The first-order valence-corrected chi connectivity index (χ1v) is 4.55. The summed E-state index contributed by atoms with van der Waals surface area (Å²) in [5.41, 5.74) is 0. The van der Waals surface area contributed by atoms with Crippen molar-refractivity contribution in [3.05, 3.63) is 0 Å². The number of amides is 1. The maximum atomic E-state index is 10.7. The van der Waals surface area contributed by atoms with E-state index in [0.717, 1.165) is 0 Å². The first-order valence-electron chi connectivity index (χ1n) is 4.55. The Hall–Kier alpha value is -0.730. The van der Waals surface area contributed by atoms with Crippen LogP contribution in [0.5, 0.6) is 0 Å². The summed E-state index contributed by atoms with van der Waals surface area (Å²) in [7, 11) is 0. The molecule has 88 valence electrons. The van der Waals surface area contributed by atoms with Crippen LogP contribution in [-0.2, 0) is 9.53 Å². The van der Waals surface area contributed by atoms with Gasteiger partial charge in [0.25, 0.3) is 0 Å². The molecular weight excluding hydrogens is 210 g/mol. The molecule has 0 radical (unpaired) electrons. The number of nitrogens with one attached hydrogen (secondary N) is 1. The lowest BCUT2D eigenvalue weighted by Crippen LogP contribution is -2.63. The molecule has 1 aliphatic heterocycles. The number of aliphatic hydroxyl groups is 4. The molecule has 0 aliphatic carbocycles.